The molecular formula is C10H10F3NO3. The molecule has 0 radical (unpaired) electrons. The summed E-state index contributed by atoms with van der Waals surface area (Å²) >= 11 is 0. The Morgan fingerprint density at radius 1 is 1.47 bits per heavy atom. The number of alkyl halides is 3. The van der Waals surface area contributed by atoms with Crippen LogP contribution in [-0.4, -0.2) is 25.2 Å². The standard InChI is InChI=1S/C10H10F3NO3/c1-16-6-17-8-5-14-9(10(11,12)13)4-7(8)2-3-15/h3-5H,2,6H2,1H3. The highest BCUT2D eigenvalue weighted by Crippen LogP contribution is 2.30. The quantitative estimate of drug-likeness (QED) is 0.590. The Bertz CT molecular complexity index is 393. The van der Waals surface area contributed by atoms with Gasteiger partial charge >= 0.3 is 6.18 Å². The van der Waals surface area contributed by atoms with Gasteiger partial charge in [-0.25, -0.2) is 4.98 Å². The smallest absolute Gasteiger partial charge is 0.433 e. The van der Waals surface area contributed by atoms with Crippen LogP contribution in [0, 0.1) is 0 Å². The molecule has 1 heterocycles. The summed E-state index contributed by atoms with van der Waals surface area (Å²) in [6.45, 7) is -0.126. The van der Waals surface area contributed by atoms with Crippen LogP contribution in [0.1, 0.15) is 11.3 Å². The maximum absolute atomic E-state index is 12.4. The molecule has 0 aliphatic heterocycles. The molecule has 7 heteroatoms. The van der Waals surface area contributed by atoms with E-state index in [9.17, 15) is 18.0 Å². The molecule has 1 aromatic rings. The molecule has 0 amide bonds. The van der Waals surface area contributed by atoms with Gasteiger partial charge in [0.05, 0.1) is 6.20 Å². The second-order valence-electron chi connectivity index (χ2n) is 3.10. The zero-order valence-corrected chi connectivity index (χ0v) is 8.95. The number of hydrogen-bond acceptors (Lipinski definition) is 4. The number of halogens is 3. The molecule has 94 valence electrons. The van der Waals surface area contributed by atoms with Gasteiger partial charge in [0.15, 0.2) is 6.79 Å². The average Bonchev–Trinajstić information content (AvgIpc) is 2.26. The molecule has 1 aromatic heterocycles. The van der Waals surface area contributed by atoms with Crippen molar-refractivity contribution in [1.29, 1.82) is 0 Å². The zero-order valence-electron chi connectivity index (χ0n) is 8.95. The van der Waals surface area contributed by atoms with Crippen molar-refractivity contribution >= 4 is 6.29 Å². The summed E-state index contributed by atoms with van der Waals surface area (Å²) in [6.07, 6.45) is -3.29. The van der Waals surface area contributed by atoms with Crippen molar-refractivity contribution < 1.29 is 27.4 Å². The topological polar surface area (TPSA) is 48.4 Å². The minimum atomic E-state index is -4.54. The zero-order chi connectivity index (χ0) is 12.9. The van der Waals surface area contributed by atoms with Crippen LogP contribution >= 0.6 is 0 Å². The number of carbonyl (C=O) groups is 1. The van der Waals surface area contributed by atoms with Gasteiger partial charge in [-0.05, 0) is 6.07 Å². The van der Waals surface area contributed by atoms with E-state index < -0.39 is 11.9 Å². The first kappa shape index (κ1) is 13.4. The molecule has 0 atom stereocenters. The number of methoxy groups -OCH3 is 1. The van der Waals surface area contributed by atoms with E-state index >= 15 is 0 Å². The lowest BCUT2D eigenvalue weighted by molar-refractivity contribution is -0.141. The molecule has 4 nitrogen and oxygen atoms in total. The molecule has 0 fully saturated rings. The normalized spacial score (nSPS) is 11.3. The number of aldehydes is 1. The van der Waals surface area contributed by atoms with E-state index in [4.69, 9.17) is 4.74 Å². The Labute approximate surface area is 95.4 Å². The van der Waals surface area contributed by atoms with Crippen molar-refractivity contribution in [3.05, 3.63) is 23.5 Å². The lowest BCUT2D eigenvalue weighted by atomic mass is 10.1. The van der Waals surface area contributed by atoms with E-state index in [1.54, 1.807) is 0 Å². The summed E-state index contributed by atoms with van der Waals surface area (Å²) in [7, 11) is 1.37. The van der Waals surface area contributed by atoms with Crippen molar-refractivity contribution in [2.24, 2.45) is 0 Å². The number of ether oxygens (including phenoxy) is 2. The van der Waals surface area contributed by atoms with Crippen LogP contribution in [0.25, 0.3) is 0 Å². The summed E-state index contributed by atoms with van der Waals surface area (Å²) in [4.78, 5) is 13.6. The lowest BCUT2D eigenvalue weighted by Gasteiger charge is -2.11. The minimum absolute atomic E-state index is 0.104. The first-order valence-corrected chi connectivity index (χ1v) is 4.60. The largest absolute Gasteiger partial charge is 0.466 e. The predicted molar refractivity (Wildman–Crippen MR) is 51.5 cm³/mol. The highest BCUT2D eigenvalue weighted by molar-refractivity contribution is 5.57. The fourth-order valence-electron chi connectivity index (χ4n) is 1.14. The number of carbonyl (C=O) groups excluding carboxylic acids is 1. The Balaban J connectivity index is 3.03. The van der Waals surface area contributed by atoms with E-state index in [1.165, 1.54) is 7.11 Å². The number of pyridine rings is 1. The first-order valence-electron chi connectivity index (χ1n) is 4.60. The van der Waals surface area contributed by atoms with E-state index in [-0.39, 0.29) is 24.5 Å². The van der Waals surface area contributed by atoms with Gasteiger partial charge in [-0.2, -0.15) is 13.2 Å². The van der Waals surface area contributed by atoms with Gasteiger partial charge in [0.2, 0.25) is 0 Å². The van der Waals surface area contributed by atoms with Crippen LogP contribution in [0.15, 0.2) is 12.3 Å². The third kappa shape index (κ3) is 3.70. The predicted octanol–water partition coefficient (Wildman–Crippen LogP) is 1.82. The number of rotatable bonds is 5. The van der Waals surface area contributed by atoms with Gasteiger partial charge < -0.3 is 14.3 Å². The Morgan fingerprint density at radius 3 is 2.71 bits per heavy atom. The molecule has 1 rings (SSSR count). The summed E-state index contributed by atoms with van der Waals surface area (Å²) in [5, 5.41) is 0. The fraction of sp³-hybridized carbons (Fsp3) is 0.400. The van der Waals surface area contributed by atoms with Crippen molar-refractivity contribution in [2.45, 2.75) is 12.6 Å². The van der Waals surface area contributed by atoms with Gasteiger partial charge in [0, 0.05) is 19.1 Å². The van der Waals surface area contributed by atoms with E-state index in [2.05, 4.69) is 9.72 Å². The summed E-state index contributed by atoms with van der Waals surface area (Å²) in [5.74, 6) is 0.104. The number of nitrogens with zero attached hydrogens (tertiary/aromatic N) is 1. The van der Waals surface area contributed by atoms with Gasteiger partial charge in [-0.1, -0.05) is 0 Å². The van der Waals surface area contributed by atoms with E-state index in [1.807, 2.05) is 0 Å². The molecular weight excluding hydrogens is 239 g/mol. The average molecular weight is 249 g/mol. The maximum atomic E-state index is 12.4. The summed E-state index contributed by atoms with van der Waals surface area (Å²) < 4.78 is 46.7. The molecule has 0 spiro atoms. The van der Waals surface area contributed by atoms with Crippen LogP contribution in [0.3, 0.4) is 0 Å². The van der Waals surface area contributed by atoms with Crippen LogP contribution in [0.4, 0.5) is 13.2 Å². The first-order chi connectivity index (χ1) is 7.99. The number of aromatic nitrogens is 1. The third-order valence-corrected chi connectivity index (χ3v) is 1.87. The summed E-state index contributed by atoms with van der Waals surface area (Å²) in [6, 6.07) is 0.791. The molecule has 0 aliphatic carbocycles. The van der Waals surface area contributed by atoms with E-state index in [0.717, 1.165) is 12.3 Å². The lowest BCUT2D eigenvalue weighted by Crippen LogP contribution is -2.10. The highest BCUT2D eigenvalue weighted by Gasteiger charge is 2.33. The maximum Gasteiger partial charge on any atom is 0.433 e. The Kier molecular flexibility index (Phi) is 4.45. The highest BCUT2D eigenvalue weighted by atomic mass is 19.4. The van der Waals surface area contributed by atoms with Gasteiger partial charge in [0.25, 0.3) is 0 Å². The monoisotopic (exact) mass is 249 g/mol. The molecule has 0 saturated carbocycles. The fourth-order valence-corrected chi connectivity index (χ4v) is 1.14. The minimum Gasteiger partial charge on any atom is -0.466 e. The van der Waals surface area contributed by atoms with Crippen LogP contribution in [0.2, 0.25) is 0 Å². The molecule has 0 aliphatic rings. The molecule has 0 saturated heterocycles. The Morgan fingerprint density at radius 2 is 2.18 bits per heavy atom. The third-order valence-electron chi connectivity index (χ3n) is 1.87. The van der Waals surface area contributed by atoms with Crippen molar-refractivity contribution in [1.82, 2.24) is 4.98 Å². The van der Waals surface area contributed by atoms with Crippen LogP contribution in [0.5, 0.6) is 5.75 Å². The molecule has 0 N–H and O–H groups in total. The molecule has 0 aromatic carbocycles. The Hall–Kier alpha value is -1.63. The number of hydrogen-bond donors (Lipinski definition) is 0. The molecule has 0 bridgehead atoms. The molecule has 17 heavy (non-hydrogen) atoms. The van der Waals surface area contributed by atoms with Crippen molar-refractivity contribution in [2.75, 3.05) is 13.9 Å². The second-order valence-corrected chi connectivity index (χ2v) is 3.10. The van der Waals surface area contributed by atoms with Gasteiger partial charge in [-0.15, -0.1) is 0 Å². The molecule has 0 unspecified atom stereocenters. The van der Waals surface area contributed by atoms with Gasteiger partial charge in [-0.3, -0.25) is 0 Å². The van der Waals surface area contributed by atoms with Crippen molar-refractivity contribution in [3.8, 4) is 5.75 Å². The van der Waals surface area contributed by atoms with Crippen LogP contribution in [-0.2, 0) is 22.1 Å². The van der Waals surface area contributed by atoms with E-state index in [0.29, 0.717) is 6.29 Å². The summed E-state index contributed by atoms with van der Waals surface area (Å²) in [5.41, 5.74) is -0.932. The van der Waals surface area contributed by atoms with Gasteiger partial charge in [0.1, 0.15) is 17.7 Å². The van der Waals surface area contributed by atoms with Crippen LogP contribution < -0.4 is 4.74 Å². The SMILES string of the molecule is COCOc1cnc(C(F)(F)F)cc1CC=O. The second kappa shape index (κ2) is 5.62. The van der Waals surface area contributed by atoms with Crippen molar-refractivity contribution in [3.63, 3.8) is 0 Å².